The number of rotatable bonds is 9. The van der Waals surface area contributed by atoms with Gasteiger partial charge in [-0.05, 0) is 43.7 Å². The normalized spacial score (nSPS) is 15.1. The third-order valence-electron chi connectivity index (χ3n) is 3.91. The fourth-order valence-electron chi connectivity index (χ4n) is 2.23. The van der Waals surface area contributed by atoms with E-state index in [2.05, 4.69) is 62.3 Å². The van der Waals surface area contributed by atoms with E-state index in [9.17, 15) is 0 Å². The summed E-state index contributed by atoms with van der Waals surface area (Å²) in [6.45, 7) is 15.9. The molecule has 0 amide bonds. The number of nitrogens with zero attached hydrogens (tertiary/aromatic N) is 1. The molecule has 0 aromatic carbocycles. The average Bonchev–Trinajstić information content (AvgIpc) is 2.88. The molecule has 0 saturated heterocycles. The van der Waals surface area contributed by atoms with Gasteiger partial charge < -0.3 is 5.32 Å². The van der Waals surface area contributed by atoms with Crippen molar-refractivity contribution in [3.63, 3.8) is 0 Å². The lowest BCUT2D eigenvalue weighted by atomic mass is 9.86. The molecule has 0 spiro atoms. The van der Waals surface area contributed by atoms with Crippen molar-refractivity contribution in [3.8, 4) is 0 Å². The Hall–Kier alpha value is -0.380. The van der Waals surface area contributed by atoms with Gasteiger partial charge in [-0.1, -0.05) is 26.8 Å². The first-order chi connectivity index (χ1) is 9.00. The monoisotopic (exact) mass is 282 g/mol. The molecule has 1 aromatic heterocycles. The molecule has 1 rings (SSSR count). The predicted molar refractivity (Wildman–Crippen MR) is 86.8 cm³/mol. The van der Waals surface area contributed by atoms with E-state index in [4.69, 9.17) is 0 Å². The Morgan fingerprint density at radius 2 is 2.11 bits per heavy atom. The zero-order valence-electron chi connectivity index (χ0n) is 13.2. The highest BCUT2D eigenvalue weighted by Crippen LogP contribution is 2.25. The number of thiophene rings is 1. The minimum atomic E-state index is 0.359. The molecule has 0 radical (unpaired) electrons. The zero-order chi connectivity index (χ0) is 14.3. The first kappa shape index (κ1) is 16.7. The van der Waals surface area contributed by atoms with E-state index in [0.717, 1.165) is 26.2 Å². The van der Waals surface area contributed by atoms with Crippen LogP contribution in [-0.2, 0) is 6.54 Å². The van der Waals surface area contributed by atoms with Crippen molar-refractivity contribution in [1.29, 1.82) is 0 Å². The molecule has 1 unspecified atom stereocenters. The Labute approximate surface area is 123 Å². The molecular weight excluding hydrogens is 252 g/mol. The Kier molecular flexibility index (Phi) is 7.05. The molecule has 0 saturated carbocycles. The van der Waals surface area contributed by atoms with Gasteiger partial charge in [0.25, 0.3) is 0 Å². The van der Waals surface area contributed by atoms with E-state index in [1.54, 1.807) is 0 Å². The van der Waals surface area contributed by atoms with Gasteiger partial charge >= 0.3 is 0 Å². The van der Waals surface area contributed by atoms with Crippen molar-refractivity contribution in [3.05, 3.63) is 22.4 Å². The van der Waals surface area contributed by atoms with Crippen molar-refractivity contribution in [2.24, 2.45) is 5.41 Å². The summed E-state index contributed by atoms with van der Waals surface area (Å²) in [5.41, 5.74) is 0.359. The molecule has 19 heavy (non-hydrogen) atoms. The lowest BCUT2D eigenvalue weighted by Crippen LogP contribution is -2.44. The maximum absolute atomic E-state index is 3.52. The first-order valence-corrected chi connectivity index (χ1v) is 8.36. The molecule has 0 aliphatic heterocycles. The van der Waals surface area contributed by atoms with Gasteiger partial charge in [-0.15, -0.1) is 11.3 Å². The maximum atomic E-state index is 3.52. The zero-order valence-corrected chi connectivity index (χ0v) is 14.0. The van der Waals surface area contributed by atoms with E-state index in [1.165, 1.54) is 11.3 Å². The van der Waals surface area contributed by atoms with Crippen molar-refractivity contribution >= 4 is 11.3 Å². The van der Waals surface area contributed by atoms with Gasteiger partial charge in [0.2, 0.25) is 0 Å². The van der Waals surface area contributed by atoms with Crippen LogP contribution in [0.4, 0.5) is 0 Å². The third-order valence-corrected chi connectivity index (χ3v) is 4.77. The van der Waals surface area contributed by atoms with Crippen LogP contribution in [0.3, 0.4) is 0 Å². The first-order valence-electron chi connectivity index (χ1n) is 7.48. The van der Waals surface area contributed by atoms with Gasteiger partial charge in [-0.25, -0.2) is 0 Å². The topological polar surface area (TPSA) is 15.3 Å². The lowest BCUT2D eigenvalue weighted by molar-refractivity contribution is 0.121. The van der Waals surface area contributed by atoms with Crippen LogP contribution in [0.1, 0.15) is 45.9 Å². The van der Waals surface area contributed by atoms with E-state index >= 15 is 0 Å². The molecular formula is C16H30N2S. The summed E-state index contributed by atoms with van der Waals surface area (Å²) >= 11 is 1.86. The SMILES string of the molecule is CCNCC(C)(CC)CN(Cc1cccs1)C(C)C. The van der Waals surface area contributed by atoms with E-state index in [1.807, 2.05) is 11.3 Å². The van der Waals surface area contributed by atoms with Crippen LogP contribution in [0.15, 0.2) is 17.5 Å². The second-order valence-corrected chi connectivity index (χ2v) is 7.05. The van der Waals surface area contributed by atoms with Gasteiger partial charge in [0.05, 0.1) is 0 Å². The minimum Gasteiger partial charge on any atom is -0.316 e. The molecule has 0 aliphatic rings. The molecule has 1 atom stereocenters. The largest absolute Gasteiger partial charge is 0.316 e. The summed E-state index contributed by atoms with van der Waals surface area (Å²) in [4.78, 5) is 4.07. The van der Waals surface area contributed by atoms with Crippen LogP contribution in [0.25, 0.3) is 0 Å². The lowest BCUT2D eigenvalue weighted by Gasteiger charge is -2.37. The average molecular weight is 282 g/mol. The Morgan fingerprint density at radius 3 is 2.58 bits per heavy atom. The van der Waals surface area contributed by atoms with Gasteiger partial charge in [-0.3, -0.25) is 4.90 Å². The van der Waals surface area contributed by atoms with Gasteiger partial charge in [-0.2, -0.15) is 0 Å². The number of nitrogens with one attached hydrogen (secondary N) is 1. The van der Waals surface area contributed by atoms with Crippen LogP contribution in [-0.4, -0.2) is 30.6 Å². The standard InChI is InChI=1S/C16H30N2S/c1-6-16(5,12-17-7-2)13-18(14(3)4)11-15-9-8-10-19-15/h8-10,14,17H,6-7,11-13H2,1-5H3. The van der Waals surface area contributed by atoms with Crippen LogP contribution in [0, 0.1) is 5.41 Å². The molecule has 1 aromatic rings. The van der Waals surface area contributed by atoms with Crippen molar-refractivity contribution < 1.29 is 0 Å². The van der Waals surface area contributed by atoms with E-state index < -0.39 is 0 Å². The van der Waals surface area contributed by atoms with Gasteiger partial charge in [0, 0.05) is 30.6 Å². The molecule has 3 heteroatoms. The quantitative estimate of drug-likeness (QED) is 0.737. The maximum Gasteiger partial charge on any atom is 0.0330 e. The van der Waals surface area contributed by atoms with Gasteiger partial charge in [0.15, 0.2) is 0 Å². The summed E-state index contributed by atoms with van der Waals surface area (Å²) in [6, 6.07) is 4.98. The second-order valence-electron chi connectivity index (χ2n) is 6.02. The van der Waals surface area contributed by atoms with Gasteiger partial charge in [0.1, 0.15) is 0 Å². The summed E-state index contributed by atoms with van der Waals surface area (Å²) in [5.74, 6) is 0. The van der Waals surface area contributed by atoms with E-state index in [0.29, 0.717) is 11.5 Å². The van der Waals surface area contributed by atoms with Crippen LogP contribution >= 0.6 is 11.3 Å². The summed E-state index contributed by atoms with van der Waals surface area (Å²) < 4.78 is 0. The Morgan fingerprint density at radius 1 is 1.37 bits per heavy atom. The Bertz CT molecular complexity index is 335. The number of hydrogen-bond acceptors (Lipinski definition) is 3. The van der Waals surface area contributed by atoms with Crippen LogP contribution in [0.5, 0.6) is 0 Å². The molecule has 2 nitrogen and oxygen atoms in total. The highest BCUT2D eigenvalue weighted by atomic mass is 32.1. The minimum absolute atomic E-state index is 0.359. The highest BCUT2D eigenvalue weighted by Gasteiger charge is 2.26. The van der Waals surface area contributed by atoms with Crippen molar-refractivity contribution in [1.82, 2.24) is 10.2 Å². The molecule has 0 fully saturated rings. The summed E-state index contributed by atoms with van der Waals surface area (Å²) in [7, 11) is 0. The van der Waals surface area contributed by atoms with Crippen molar-refractivity contribution in [2.75, 3.05) is 19.6 Å². The predicted octanol–water partition coefficient (Wildman–Crippen LogP) is 3.98. The third kappa shape index (κ3) is 5.64. The van der Waals surface area contributed by atoms with E-state index in [-0.39, 0.29) is 0 Å². The van der Waals surface area contributed by atoms with Crippen molar-refractivity contribution in [2.45, 2.75) is 53.6 Å². The summed E-state index contributed by atoms with van der Waals surface area (Å²) in [5, 5.41) is 5.69. The fraction of sp³-hybridized carbons (Fsp3) is 0.750. The second kappa shape index (κ2) is 8.03. The molecule has 0 aliphatic carbocycles. The van der Waals surface area contributed by atoms with Crippen LogP contribution in [0.2, 0.25) is 0 Å². The summed E-state index contributed by atoms with van der Waals surface area (Å²) in [6.07, 6.45) is 1.22. The number of hydrogen-bond donors (Lipinski definition) is 1. The molecule has 110 valence electrons. The molecule has 1 heterocycles. The molecule has 0 bridgehead atoms. The molecule has 1 N–H and O–H groups in total. The smallest absolute Gasteiger partial charge is 0.0330 e. The fourth-order valence-corrected chi connectivity index (χ4v) is 2.96. The van der Waals surface area contributed by atoms with Crippen LogP contribution < -0.4 is 5.32 Å². The highest BCUT2D eigenvalue weighted by molar-refractivity contribution is 7.09. The Balaban J connectivity index is 2.65.